The largest absolute Gasteiger partial charge is 0.487 e. The fourth-order valence-electron chi connectivity index (χ4n) is 4.10. The Morgan fingerprint density at radius 1 is 1.30 bits per heavy atom. The molecule has 0 amide bonds. The number of nitrogens with zero attached hydrogens (tertiary/aromatic N) is 3. The molecular weight excluding hydrogens is 342 g/mol. The zero-order valence-corrected chi connectivity index (χ0v) is 16.1. The van der Waals surface area contributed by atoms with Crippen LogP contribution in [-0.4, -0.2) is 37.9 Å². The number of fused-ring (bicyclic) bond motifs is 2. The Labute approximate surface area is 159 Å². The first kappa shape index (κ1) is 18.0. The van der Waals surface area contributed by atoms with Crippen LogP contribution in [0.25, 0.3) is 0 Å². The van der Waals surface area contributed by atoms with Crippen molar-refractivity contribution >= 4 is 5.97 Å². The van der Waals surface area contributed by atoms with Crippen molar-refractivity contribution in [2.45, 2.75) is 64.8 Å². The molecule has 4 rings (SSSR count). The third kappa shape index (κ3) is 4.16. The van der Waals surface area contributed by atoms with Crippen LogP contribution < -0.4 is 4.74 Å². The van der Waals surface area contributed by atoms with Crippen LogP contribution in [0.4, 0.5) is 0 Å². The van der Waals surface area contributed by atoms with Crippen LogP contribution in [0, 0.1) is 0 Å². The summed E-state index contributed by atoms with van der Waals surface area (Å²) in [7, 11) is 0. The molecule has 0 unspecified atom stereocenters. The van der Waals surface area contributed by atoms with Crippen LogP contribution in [0.5, 0.6) is 5.75 Å². The molecule has 3 heterocycles. The highest BCUT2D eigenvalue weighted by molar-refractivity contribution is 5.66. The molecule has 0 aliphatic carbocycles. The highest BCUT2D eigenvalue weighted by Gasteiger charge is 2.30. The lowest BCUT2D eigenvalue weighted by Crippen LogP contribution is -2.24. The molecule has 0 saturated carbocycles. The number of aromatic nitrogens is 2. The molecular formula is C21H27N3O3. The fourth-order valence-corrected chi connectivity index (χ4v) is 4.10. The molecule has 2 aliphatic rings. The van der Waals surface area contributed by atoms with Gasteiger partial charge in [-0.05, 0) is 43.5 Å². The second-order valence-electron chi connectivity index (χ2n) is 8.29. The van der Waals surface area contributed by atoms with Crippen molar-refractivity contribution in [3.05, 3.63) is 46.8 Å². The maximum absolute atomic E-state index is 10.8. The smallest absolute Gasteiger partial charge is 0.303 e. The quantitative estimate of drug-likeness (QED) is 0.877. The number of ether oxygens (including phenoxy) is 1. The molecule has 0 spiro atoms. The average Bonchev–Trinajstić information content (AvgIpc) is 3.05. The summed E-state index contributed by atoms with van der Waals surface area (Å²) in [6, 6.07) is 8.62. The first-order valence-corrected chi connectivity index (χ1v) is 9.68. The summed E-state index contributed by atoms with van der Waals surface area (Å²) in [5, 5.41) is 13.5. The van der Waals surface area contributed by atoms with Crippen molar-refractivity contribution in [3.63, 3.8) is 0 Å². The molecule has 6 heteroatoms. The number of aryl methyl sites for hydroxylation is 2. The van der Waals surface area contributed by atoms with Crippen LogP contribution in [0.15, 0.2) is 24.3 Å². The average molecular weight is 369 g/mol. The molecule has 0 saturated heterocycles. The topological polar surface area (TPSA) is 67.6 Å². The minimum Gasteiger partial charge on any atom is -0.487 e. The van der Waals surface area contributed by atoms with Gasteiger partial charge in [-0.25, -0.2) is 0 Å². The number of carbonyl (C=O) groups is 1. The van der Waals surface area contributed by atoms with Crippen LogP contribution >= 0.6 is 0 Å². The zero-order valence-electron chi connectivity index (χ0n) is 16.1. The summed E-state index contributed by atoms with van der Waals surface area (Å²) in [6.07, 6.45) is 2.63. The number of hydrogen-bond donors (Lipinski definition) is 1. The highest BCUT2D eigenvalue weighted by Crippen LogP contribution is 2.35. The van der Waals surface area contributed by atoms with Gasteiger partial charge in [-0.1, -0.05) is 12.1 Å². The molecule has 2 aromatic rings. The Kier molecular flexibility index (Phi) is 4.68. The number of rotatable bonds is 5. The van der Waals surface area contributed by atoms with Crippen molar-refractivity contribution in [2.75, 3.05) is 6.54 Å². The van der Waals surface area contributed by atoms with E-state index in [2.05, 4.69) is 52.8 Å². The lowest BCUT2D eigenvalue weighted by Gasteiger charge is -2.19. The van der Waals surface area contributed by atoms with Crippen molar-refractivity contribution < 1.29 is 14.6 Å². The van der Waals surface area contributed by atoms with E-state index < -0.39 is 5.97 Å². The lowest BCUT2D eigenvalue weighted by atomic mass is 10.00. The monoisotopic (exact) mass is 369 g/mol. The predicted octanol–water partition coefficient (Wildman–Crippen LogP) is 3.02. The standard InChI is InChI=1S/C21H27N3O3/c1-21(2)12-16-10-15(4-6-19(16)27-21)13-23-8-3-9-24-18(14-23)11-17(22-24)5-7-20(25)26/h4,6,10-11H,3,5,7-9,12-14H2,1-2H3,(H,25,26). The number of carboxylic acid groups (broad SMARTS) is 1. The van der Waals surface area contributed by atoms with Crippen LogP contribution in [0.3, 0.4) is 0 Å². The minimum atomic E-state index is -0.774. The Hall–Kier alpha value is -2.34. The predicted molar refractivity (Wildman–Crippen MR) is 102 cm³/mol. The molecule has 1 aromatic carbocycles. The van der Waals surface area contributed by atoms with Crippen LogP contribution in [0.2, 0.25) is 0 Å². The van der Waals surface area contributed by atoms with Gasteiger partial charge in [0.2, 0.25) is 0 Å². The molecule has 27 heavy (non-hydrogen) atoms. The number of carboxylic acids is 1. The van der Waals surface area contributed by atoms with Crippen molar-refractivity contribution in [1.82, 2.24) is 14.7 Å². The van der Waals surface area contributed by atoms with Gasteiger partial charge in [0, 0.05) is 39.0 Å². The van der Waals surface area contributed by atoms with Gasteiger partial charge in [-0.2, -0.15) is 5.10 Å². The first-order valence-electron chi connectivity index (χ1n) is 9.68. The normalized spacial score (nSPS) is 18.4. The van der Waals surface area contributed by atoms with E-state index in [0.29, 0.717) is 6.42 Å². The Morgan fingerprint density at radius 3 is 2.96 bits per heavy atom. The highest BCUT2D eigenvalue weighted by atomic mass is 16.5. The number of hydrogen-bond acceptors (Lipinski definition) is 4. The third-order valence-electron chi connectivity index (χ3n) is 5.27. The van der Waals surface area contributed by atoms with E-state index >= 15 is 0 Å². The Balaban J connectivity index is 1.44. The molecule has 6 nitrogen and oxygen atoms in total. The lowest BCUT2D eigenvalue weighted by molar-refractivity contribution is -0.136. The number of benzene rings is 1. The molecule has 0 bridgehead atoms. The van der Waals surface area contributed by atoms with Crippen LogP contribution in [0.1, 0.15) is 49.2 Å². The maximum Gasteiger partial charge on any atom is 0.303 e. The second kappa shape index (κ2) is 7.00. The van der Waals surface area contributed by atoms with E-state index in [-0.39, 0.29) is 12.0 Å². The minimum absolute atomic E-state index is 0.109. The van der Waals surface area contributed by atoms with E-state index in [0.717, 1.165) is 50.5 Å². The maximum atomic E-state index is 10.8. The Bertz CT molecular complexity index is 856. The fraction of sp³-hybridized carbons (Fsp3) is 0.524. The summed E-state index contributed by atoms with van der Waals surface area (Å²) in [4.78, 5) is 13.2. The van der Waals surface area contributed by atoms with E-state index in [1.165, 1.54) is 16.8 Å². The van der Waals surface area contributed by atoms with Gasteiger partial charge in [-0.3, -0.25) is 14.4 Å². The molecule has 1 N–H and O–H groups in total. The molecule has 1 aromatic heterocycles. The van der Waals surface area contributed by atoms with Gasteiger partial charge >= 0.3 is 5.97 Å². The van der Waals surface area contributed by atoms with Gasteiger partial charge in [0.25, 0.3) is 0 Å². The Morgan fingerprint density at radius 2 is 2.15 bits per heavy atom. The van der Waals surface area contributed by atoms with Crippen molar-refractivity contribution in [1.29, 1.82) is 0 Å². The SMILES string of the molecule is CC1(C)Cc2cc(CN3CCCn4nc(CCC(=O)O)cc4C3)ccc2O1. The van der Waals surface area contributed by atoms with E-state index in [4.69, 9.17) is 9.84 Å². The van der Waals surface area contributed by atoms with Gasteiger partial charge in [0.05, 0.1) is 17.8 Å². The van der Waals surface area contributed by atoms with E-state index in [9.17, 15) is 4.79 Å². The third-order valence-corrected chi connectivity index (χ3v) is 5.27. The summed E-state index contributed by atoms with van der Waals surface area (Å²) >= 11 is 0. The van der Waals surface area contributed by atoms with Crippen molar-refractivity contribution in [3.8, 4) is 5.75 Å². The van der Waals surface area contributed by atoms with Gasteiger partial charge in [-0.15, -0.1) is 0 Å². The molecule has 0 atom stereocenters. The molecule has 0 fully saturated rings. The van der Waals surface area contributed by atoms with Crippen LogP contribution in [-0.2, 0) is 37.3 Å². The number of aliphatic carboxylic acids is 1. The summed E-state index contributed by atoms with van der Waals surface area (Å²) in [5.41, 5.74) is 4.56. The molecule has 0 radical (unpaired) electrons. The van der Waals surface area contributed by atoms with Gasteiger partial charge in [0.1, 0.15) is 11.4 Å². The van der Waals surface area contributed by atoms with E-state index in [1.807, 2.05) is 0 Å². The summed E-state index contributed by atoms with van der Waals surface area (Å²) in [5.74, 6) is 0.240. The van der Waals surface area contributed by atoms with Gasteiger partial charge < -0.3 is 9.84 Å². The zero-order chi connectivity index (χ0) is 19.0. The van der Waals surface area contributed by atoms with E-state index in [1.54, 1.807) is 0 Å². The second-order valence-corrected chi connectivity index (χ2v) is 8.29. The van der Waals surface area contributed by atoms with Crippen molar-refractivity contribution in [2.24, 2.45) is 0 Å². The first-order chi connectivity index (χ1) is 12.9. The molecule has 2 aliphatic heterocycles. The summed E-state index contributed by atoms with van der Waals surface area (Å²) < 4.78 is 8.03. The van der Waals surface area contributed by atoms with Gasteiger partial charge in [0.15, 0.2) is 0 Å². The molecule has 144 valence electrons. The summed E-state index contributed by atoms with van der Waals surface area (Å²) in [6.45, 7) is 7.94.